The highest BCUT2D eigenvalue weighted by atomic mass is 16.5. The fraction of sp³-hybridized carbons (Fsp3) is 0.515. The minimum absolute atomic E-state index is 0.00128. The van der Waals surface area contributed by atoms with E-state index in [-0.39, 0.29) is 17.6 Å². The van der Waals surface area contributed by atoms with Gasteiger partial charge in [-0.3, -0.25) is 4.90 Å². The van der Waals surface area contributed by atoms with E-state index >= 15 is 0 Å². The van der Waals surface area contributed by atoms with Crippen molar-refractivity contribution in [3.05, 3.63) is 59.2 Å². The van der Waals surface area contributed by atoms with E-state index < -0.39 is 5.97 Å². The molecule has 0 aliphatic carbocycles. The molecule has 2 fully saturated rings. The number of rotatable bonds is 6. The second-order valence-electron chi connectivity index (χ2n) is 12.0. The smallest absolute Gasteiger partial charge is 0.335 e. The van der Waals surface area contributed by atoms with Crippen LogP contribution in [0, 0.1) is 0 Å². The molecular formula is C33H42N4O4. The predicted molar refractivity (Wildman–Crippen MR) is 161 cm³/mol. The number of benzene rings is 2. The van der Waals surface area contributed by atoms with Gasteiger partial charge in [-0.05, 0) is 54.9 Å². The Bertz CT molecular complexity index is 1420. The maximum absolute atomic E-state index is 13.6. The zero-order valence-electron chi connectivity index (χ0n) is 24.3. The Labute approximate surface area is 242 Å². The first kappa shape index (κ1) is 27.8. The molecule has 218 valence electrons. The molecule has 41 heavy (non-hydrogen) atoms. The maximum Gasteiger partial charge on any atom is 0.335 e. The molecular weight excluding hydrogens is 516 g/mol. The number of urea groups is 1. The molecule has 6 rings (SSSR count). The molecule has 0 radical (unpaired) electrons. The predicted octanol–water partition coefficient (Wildman–Crippen LogP) is 5.34. The summed E-state index contributed by atoms with van der Waals surface area (Å²) in [7, 11) is 0. The van der Waals surface area contributed by atoms with Crippen molar-refractivity contribution >= 4 is 22.9 Å². The summed E-state index contributed by atoms with van der Waals surface area (Å²) in [5.74, 6) is -0.605. The summed E-state index contributed by atoms with van der Waals surface area (Å²) in [5, 5.41) is 14.3. The summed E-state index contributed by atoms with van der Waals surface area (Å²) in [6, 6.07) is 14.4. The van der Waals surface area contributed by atoms with Gasteiger partial charge in [0.05, 0.1) is 30.5 Å². The summed E-state index contributed by atoms with van der Waals surface area (Å²) >= 11 is 0. The lowest BCUT2D eigenvalue weighted by Gasteiger charge is -2.40. The highest BCUT2D eigenvalue weighted by Gasteiger charge is 2.32. The molecule has 2 amide bonds. The highest BCUT2D eigenvalue weighted by molar-refractivity contribution is 5.98. The Morgan fingerprint density at radius 1 is 1.07 bits per heavy atom. The van der Waals surface area contributed by atoms with Crippen molar-refractivity contribution < 1.29 is 19.4 Å². The van der Waals surface area contributed by atoms with Crippen LogP contribution in [-0.2, 0) is 17.7 Å². The number of fused-ring (bicyclic) bond motifs is 5. The second-order valence-corrected chi connectivity index (χ2v) is 12.0. The Morgan fingerprint density at radius 2 is 1.83 bits per heavy atom. The van der Waals surface area contributed by atoms with Gasteiger partial charge in [-0.25, -0.2) is 9.59 Å². The van der Waals surface area contributed by atoms with Crippen LogP contribution < -0.4 is 5.32 Å². The molecule has 0 bridgehead atoms. The van der Waals surface area contributed by atoms with Crippen LogP contribution in [0.4, 0.5) is 4.79 Å². The van der Waals surface area contributed by atoms with Crippen molar-refractivity contribution in [1.29, 1.82) is 0 Å². The third kappa shape index (κ3) is 5.47. The van der Waals surface area contributed by atoms with Gasteiger partial charge in [0.25, 0.3) is 0 Å². The summed E-state index contributed by atoms with van der Waals surface area (Å²) in [4.78, 5) is 30.0. The Hall–Kier alpha value is -3.36. The Balaban J connectivity index is 1.31. The average molecular weight is 559 g/mol. The number of hydrogen-bond donors (Lipinski definition) is 2. The number of nitrogens with one attached hydrogen (secondary N) is 1. The standard InChI is InChI=1S/C33H42N4O4/c1-3-6-22(2)30-28-10-9-24(32(38)39)20-29(28)37-21-25(19-23-7-4-5-8-27(23)31(30)37)34-33(40)36-13-11-26(12-14-36)35-15-17-41-18-16-35/h4-5,7-10,20,22,25-26H,3,6,11-19,21H2,1-2H3,(H,34,40)(H,38,39). The van der Waals surface area contributed by atoms with Gasteiger partial charge in [-0.2, -0.15) is 0 Å². The summed E-state index contributed by atoms with van der Waals surface area (Å²) in [6.07, 6.45) is 4.84. The van der Waals surface area contributed by atoms with E-state index in [0.29, 0.717) is 18.5 Å². The van der Waals surface area contributed by atoms with Gasteiger partial charge < -0.3 is 24.6 Å². The fourth-order valence-electron chi connectivity index (χ4n) is 7.28. The molecule has 2 saturated heterocycles. The quantitative estimate of drug-likeness (QED) is 0.427. The number of carbonyl (C=O) groups is 2. The van der Waals surface area contributed by atoms with Gasteiger partial charge in [0.1, 0.15) is 0 Å². The van der Waals surface area contributed by atoms with Crippen molar-refractivity contribution in [3.8, 4) is 11.3 Å². The minimum atomic E-state index is -0.926. The highest BCUT2D eigenvalue weighted by Crippen LogP contribution is 2.43. The van der Waals surface area contributed by atoms with Gasteiger partial charge >= 0.3 is 12.0 Å². The van der Waals surface area contributed by atoms with Crippen molar-refractivity contribution in [3.63, 3.8) is 0 Å². The van der Waals surface area contributed by atoms with Crippen LogP contribution >= 0.6 is 0 Å². The normalized spacial score (nSPS) is 20.7. The first-order valence-corrected chi connectivity index (χ1v) is 15.3. The van der Waals surface area contributed by atoms with Crippen LogP contribution in [0.5, 0.6) is 0 Å². The fourth-order valence-corrected chi connectivity index (χ4v) is 7.28. The van der Waals surface area contributed by atoms with Crippen LogP contribution in [-0.4, -0.2) is 83.0 Å². The molecule has 8 heteroatoms. The molecule has 2 N–H and O–H groups in total. The monoisotopic (exact) mass is 558 g/mol. The molecule has 8 nitrogen and oxygen atoms in total. The lowest BCUT2D eigenvalue weighted by molar-refractivity contribution is 0.00372. The number of carboxylic acids is 1. The molecule has 4 heterocycles. The van der Waals surface area contributed by atoms with Crippen LogP contribution in [0.15, 0.2) is 42.5 Å². The summed E-state index contributed by atoms with van der Waals surface area (Å²) < 4.78 is 7.80. The molecule has 0 spiro atoms. The third-order valence-electron chi connectivity index (χ3n) is 9.35. The molecule has 2 unspecified atom stereocenters. The second kappa shape index (κ2) is 11.9. The molecule has 3 aliphatic heterocycles. The first-order chi connectivity index (χ1) is 19.9. The Kier molecular flexibility index (Phi) is 8.04. The summed E-state index contributed by atoms with van der Waals surface area (Å²) in [5.41, 5.74) is 6.06. The number of piperidine rings is 1. The SMILES string of the molecule is CCCC(C)c1c2n(c3cc(C(=O)O)ccc13)CC(NC(=O)N1CCC(N3CCOCC3)CC1)Cc1ccccc1-2. The summed E-state index contributed by atoms with van der Waals surface area (Å²) in [6.45, 7) is 10.2. The number of amides is 2. The van der Waals surface area contributed by atoms with Gasteiger partial charge in [0.2, 0.25) is 0 Å². The Morgan fingerprint density at radius 3 is 2.56 bits per heavy atom. The molecule has 0 saturated carbocycles. The number of morpholine rings is 1. The molecule has 2 atom stereocenters. The van der Waals surface area contributed by atoms with Gasteiger partial charge in [-0.1, -0.05) is 50.6 Å². The molecule has 2 aromatic carbocycles. The number of nitrogens with zero attached hydrogens (tertiary/aromatic N) is 3. The largest absolute Gasteiger partial charge is 0.478 e. The minimum Gasteiger partial charge on any atom is -0.478 e. The third-order valence-corrected chi connectivity index (χ3v) is 9.35. The van der Waals surface area contributed by atoms with Crippen molar-refractivity contribution in [2.24, 2.45) is 0 Å². The van der Waals surface area contributed by atoms with Gasteiger partial charge in [0.15, 0.2) is 0 Å². The van der Waals surface area contributed by atoms with E-state index in [2.05, 4.69) is 52.9 Å². The van der Waals surface area contributed by atoms with Crippen molar-refractivity contribution in [2.75, 3.05) is 39.4 Å². The molecule has 3 aromatic rings. The van der Waals surface area contributed by atoms with Gasteiger partial charge in [0, 0.05) is 55.2 Å². The van der Waals surface area contributed by atoms with Crippen LogP contribution in [0.3, 0.4) is 0 Å². The van der Waals surface area contributed by atoms with Crippen LogP contribution in [0.25, 0.3) is 22.2 Å². The van der Waals surface area contributed by atoms with E-state index in [4.69, 9.17) is 4.74 Å². The average Bonchev–Trinajstić information content (AvgIpc) is 3.21. The van der Waals surface area contributed by atoms with Crippen molar-refractivity contribution in [1.82, 2.24) is 19.7 Å². The van der Waals surface area contributed by atoms with E-state index in [0.717, 1.165) is 82.4 Å². The number of aromatic carboxylic acids is 1. The van der Waals surface area contributed by atoms with Crippen molar-refractivity contribution in [2.45, 2.75) is 70.5 Å². The first-order valence-electron chi connectivity index (χ1n) is 15.3. The van der Waals surface area contributed by atoms with Crippen LogP contribution in [0.1, 0.15) is 66.9 Å². The zero-order chi connectivity index (χ0) is 28.5. The number of carboxylic acid groups (broad SMARTS) is 1. The number of hydrogen-bond acceptors (Lipinski definition) is 4. The number of likely N-dealkylation sites (tertiary alicyclic amines) is 1. The van der Waals surface area contributed by atoms with Crippen LogP contribution in [0.2, 0.25) is 0 Å². The van der Waals surface area contributed by atoms with E-state index in [1.807, 2.05) is 17.0 Å². The zero-order valence-corrected chi connectivity index (χ0v) is 24.3. The van der Waals surface area contributed by atoms with E-state index in [9.17, 15) is 14.7 Å². The molecule has 3 aliphatic rings. The van der Waals surface area contributed by atoms with Gasteiger partial charge in [-0.15, -0.1) is 0 Å². The van der Waals surface area contributed by atoms with E-state index in [1.54, 1.807) is 6.07 Å². The lowest BCUT2D eigenvalue weighted by atomic mass is 9.89. The lowest BCUT2D eigenvalue weighted by Crippen LogP contribution is -2.53. The van der Waals surface area contributed by atoms with E-state index in [1.165, 1.54) is 22.4 Å². The maximum atomic E-state index is 13.6. The number of ether oxygens (including phenoxy) is 1. The topological polar surface area (TPSA) is 87.0 Å². The number of aromatic nitrogens is 1. The number of carbonyl (C=O) groups excluding carboxylic acids is 1. The molecule has 1 aromatic heterocycles.